The Balaban J connectivity index is 0.00000169. The molecule has 0 fully saturated rings. The van der Waals surface area contributed by atoms with Gasteiger partial charge in [-0.05, 0) is 20.8 Å². The van der Waals surface area contributed by atoms with Crippen LogP contribution in [0.5, 0.6) is 0 Å². The lowest BCUT2D eigenvalue weighted by Gasteiger charge is -2.21. The Labute approximate surface area is 87.2 Å². The smallest absolute Gasteiger partial charge is 0.238 e. The first-order valence-electron chi connectivity index (χ1n) is 4.41. The SMILES string of the molecule is CCN1C=CN(S(=O)(=O)C(C)C)C1.[CH3-]. The van der Waals surface area contributed by atoms with E-state index in [-0.39, 0.29) is 12.7 Å². The molecule has 84 valence electrons. The quantitative estimate of drug-likeness (QED) is 0.671. The van der Waals surface area contributed by atoms with Crippen LogP contribution in [-0.2, 0) is 10.0 Å². The monoisotopic (exact) mass is 219 g/mol. The Morgan fingerprint density at radius 2 is 1.93 bits per heavy atom. The van der Waals surface area contributed by atoms with Crippen LogP contribution >= 0.6 is 0 Å². The van der Waals surface area contributed by atoms with Crippen molar-refractivity contribution in [2.75, 3.05) is 13.2 Å². The van der Waals surface area contributed by atoms with Gasteiger partial charge in [-0.3, -0.25) is 4.31 Å². The minimum atomic E-state index is -3.11. The molecule has 0 saturated heterocycles. The Hall–Kier alpha value is -0.710. The Morgan fingerprint density at radius 3 is 2.29 bits per heavy atom. The average molecular weight is 219 g/mol. The molecule has 5 heteroatoms. The summed E-state index contributed by atoms with van der Waals surface area (Å²) in [5.41, 5.74) is 0. The van der Waals surface area contributed by atoms with Crippen molar-refractivity contribution < 1.29 is 8.42 Å². The number of hydrogen-bond donors (Lipinski definition) is 0. The normalized spacial score (nSPS) is 16.3. The summed E-state index contributed by atoms with van der Waals surface area (Å²) >= 11 is 0. The predicted molar refractivity (Wildman–Crippen MR) is 58.7 cm³/mol. The summed E-state index contributed by atoms with van der Waals surface area (Å²) < 4.78 is 24.7. The highest BCUT2D eigenvalue weighted by molar-refractivity contribution is 7.89. The molecule has 0 spiro atoms. The fourth-order valence-corrected chi connectivity index (χ4v) is 2.16. The topological polar surface area (TPSA) is 40.6 Å². The molecule has 0 aromatic rings. The van der Waals surface area contributed by atoms with Crippen molar-refractivity contribution in [1.82, 2.24) is 9.21 Å². The fourth-order valence-electron chi connectivity index (χ4n) is 1.08. The molecule has 1 aliphatic heterocycles. The highest BCUT2D eigenvalue weighted by atomic mass is 32.2. The van der Waals surface area contributed by atoms with Crippen LogP contribution in [0.1, 0.15) is 20.8 Å². The second kappa shape index (κ2) is 4.68. The Morgan fingerprint density at radius 1 is 1.36 bits per heavy atom. The highest BCUT2D eigenvalue weighted by Crippen LogP contribution is 2.15. The van der Waals surface area contributed by atoms with Gasteiger partial charge < -0.3 is 12.3 Å². The van der Waals surface area contributed by atoms with E-state index in [1.54, 1.807) is 26.2 Å². The second-order valence-electron chi connectivity index (χ2n) is 3.33. The van der Waals surface area contributed by atoms with Crippen LogP contribution < -0.4 is 0 Å². The second-order valence-corrected chi connectivity index (χ2v) is 5.77. The summed E-state index contributed by atoms with van der Waals surface area (Å²) in [6.07, 6.45) is 3.43. The van der Waals surface area contributed by atoms with Crippen LogP contribution in [0.4, 0.5) is 0 Å². The third-order valence-electron chi connectivity index (χ3n) is 2.09. The maximum absolute atomic E-state index is 11.6. The van der Waals surface area contributed by atoms with Crippen LogP contribution in [0.15, 0.2) is 12.4 Å². The van der Waals surface area contributed by atoms with E-state index in [0.717, 1.165) is 6.54 Å². The van der Waals surface area contributed by atoms with Gasteiger partial charge in [0.05, 0.1) is 5.25 Å². The first kappa shape index (κ1) is 13.3. The number of sulfonamides is 1. The molecule has 0 atom stereocenters. The summed E-state index contributed by atoms with van der Waals surface area (Å²) in [6.45, 7) is 6.67. The van der Waals surface area contributed by atoms with Crippen LogP contribution in [0.3, 0.4) is 0 Å². The van der Waals surface area contributed by atoms with E-state index >= 15 is 0 Å². The minimum Gasteiger partial charge on any atom is -0.358 e. The molecule has 14 heavy (non-hydrogen) atoms. The molecule has 0 aromatic carbocycles. The Kier molecular flexibility index (Phi) is 4.45. The van der Waals surface area contributed by atoms with Crippen LogP contribution in [0, 0.1) is 7.43 Å². The minimum absolute atomic E-state index is 0. The summed E-state index contributed by atoms with van der Waals surface area (Å²) in [7, 11) is -3.11. The molecule has 0 bridgehead atoms. The van der Waals surface area contributed by atoms with Crippen molar-refractivity contribution in [1.29, 1.82) is 0 Å². The molecule has 1 rings (SSSR count). The third-order valence-corrected chi connectivity index (χ3v) is 4.18. The van der Waals surface area contributed by atoms with Crippen molar-refractivity contribution in [3.8, 4) is 0 Å². The molecule has 0 radical (unpaired) electrons. The van der Waals surface area contributed by atoms with E-state index in [2.05, 4.69) is 0 Å². The summed E-state index contributed by atoms with van der Waals surface area (Å²) in [5, 5.41) is -0.353. The standard InChI is InChI=1S/C8H16N2O2S.CH3/c1-4-9-5-6-10(7-9)13(11,12)8(2)3;/h5-6,8H,4,7H2,1-3H3;1H3/q;-1. The molecule has 0 unspecified atom stereocenters. The van der Waals surface area contributed by atoms with Gasteiger partial charge in [-0.2, -0.15) is 0 Å². The van der Waals surface area contributed by atoms with Crippen molar-refractivity contribution in [2.24, 2.45) is 0 Å². The molecule has 0 amide bonds. The van der Waals surface area contributed by atoms with Crippen LogP contribution in [-0.4, -0.2) is 36.1 Å². The molecule has 0 N–H and O–H groups in total. The largest absolute Gasteiger partial charge is 0.358 e. The van der Waals surface area contributed by atoms with Crippen molar-refractivity contribution in [2.45, 2.75) is 26.0 Å². The maximum atomic E-state index is 11.6. The lowest BCUT2D eigenvalue weighted by atomic mass is 10.6. The third kappa shape index (κ3) is 2.41. The van der Waals surface area contributed by atoms with Gasteiger partial charge in [0.1, 0.15) is 6.67 Å². The molecule has 0 saturated carbocycles. The van der Waals surface area contributed by atoms with E-state index < -0.39 is 10.0 Å². The van der Waals surface area contributed by atoms with Gasteiger partial charge in [-0.25, -0.2) is 8.42 Å². The van der Waals surface area contributed by atoms with Gasteiger partial charge in [0.2, 0.25) is 10.0 Å². The number of hydrogen-bond acceptors (Lipinski definition) is 3. The fraction of sp³-hybridized carbons (Fsp3) is 0.667. The first-order valence-corrected chi connectivity index (χ1v) is 5.92. The van der Waals surface area contributed by atoms with Gasteiger partial charge in [-0.15, -0.1) is 0 Å². The van der Waals surface area contributed by atoms with Gasteiger partial charge in [-0.1, -0.05) is 0 Å². The molecule has 1 aliphatic rings. The number of nitrogens with zero attached hydrogens (tertiary/aromatic N) is 2. The predicted octanol–water partition coefficient (Wildman–Crippen LogP) is 1.24. The van der Waals surface area contributed by atoms with Crippen molar-refractivity contribution in [3.63, 3.8) is 0 Å². The zero-order valence-electron chi connectivity index (χ0n) is 9.27. The lowest BCUT2D eigenvalue weighted by Crippen LogP contribution is -2.34. The molecule has 0 aromatic heterocycles. The molecule has 0 aliphatic carbocycles. The lowest BCUT2D eigenvalue weighted by molar-refractivity contribution is 0.345. The molecular weight excluding hydrogens is 200 g/mol. The summed E-state index contributed by atoms with van der Waals surface area (Å²) in [5.74, 6) is 0. The van der Waals surface area contributed by atoms with Gasteiger partial charge in [0.15, 0.2) is 0 Å². The van der Waals surface area contributed by atoms with Gasteiger partial charge in [0, 0.05) is 18.9 Å². The summed E-state index contributed by atoms with van der Waals surface area (Å²) in [6, 6.07) is 0. The van der Waals surface area contributed by atoms with Crippen molar-refractivity contribution in [3.05, 3.63) is 19.8 Å². The van der Waals surface area contributed by atoms with Crippen molar-refractivity contribution >= 4 is 10.0 Å². The van der Waals surface area contributed by atoms with E-state index in [9.17, 15) is 8.42 Å². The van der Waals surface area contributed by atoms with Gasteiger partial charge in [0.25, 0.3) is 0 Å². The van der Waals surface area contributed by atoms with E-state index in [0.29, 0.717) is 6.67 Å². The van der Waals surface area contributed by atoms with Crippen LogP contribution in [0.2, 0.25) is 0 Å². The summed E-state index contributed by atoms with van der Waals surface area (Å²) in [4.78, 5) is 1.94. The zero-order chi connectivity index (χ0) is 10.1. The average Bonchev–Trinajstić information content (AvgIpc) is 2.51. The first-order chi connectivity index (χ1) is 5.98. The Bertz CT molecular complexity index is 296. The van der Waals surface area contributed by atoms with Crippen LogP contribution in [0.25, 0.3) is 0 Å². The molecule has 1 heterocycles. The van der Waals surface area contributed by atoms with Gasteiger partial charge >= 0.3 is 0 Å². The molecular formula is C9H19N2O2S-. The molecule has 4 nitrogen and oxygen atoms in total. The maximum Gasteiger partial charge on any atom is 0.238 e. The highest BCUT2D eigenvalue weighted by Gasteiger charge is 2.26. The van der Waals surface area contributed by atoms with E-state index in [1.165, 1.54) is 4.31 Å². The number of rotatable bonds is 3. The zero-order valence-corrected chi connectivity index (χ0v) is 10.1. The van der Waals surface area contributed by atoms with E-state index in [1.807, 2.05) is 11.8 Å². The van der Waals surface area contributed by atoms with E-state index in [4.69, 9.17) is 0 Å².